The third kappa shape index (κ3) is 3.79. The Morgan fingerprint density at radius 3 is 2.75 bits per heavy atom. The summed E-state index contributed by atoms with van der Waals surface area (Å²) in [7, 11) is 3.80. The van der Waals surface area contributed by atoms with Crippen LogP contribution < -0.4 is 15.1 Å². The van der Waals surface area contributed by atoms with E-state index < -0.39 is 0 Å². The van der Waals surface area contributed by atoms with Crippen molar-refractivity contribution in [2.75, 3.05) is 42.3 Å². The van der Waals surface area contributed by atoms with E-state index in [1.54, 1.807) is 6.20 Å². The molecule has 0 saturated carbocycles. The molecule has 0 aliphatic carbocycles. The van der Waals surface area contributed by atoms with Crippen LogP contribution in [0.25, 0.3) is 0 Å². The highest BCUT2D eigenvalue weighted by Gasteiger charge is 2.17. The summed E-state index contributed by atoms with van der Waals surface area (Å²) in [4.78, 5) is 29.1. The number of anilines is 3. The number of nitrogens with zero attached hydrogens (tertiary/aromatic N) is 7. The first kappa shape index (κ1) is 16.2. The van der Waals surface area contributed by atoms with Gasteiger partial charge in [-0.2, -0.15) is 10.1 Å². The zero-order chi connectivity index (χ0) is 16.9. The number of carbonyl (C=O) groups excluding carboxylic acids is 1. The van der Waals surface area contributed by atoms with Gasteiger partial charge in [0.05, 0.1) is 6.20 Å². The normalized spacial score (nSPS) is 14.5. The number of carbonyl (C=O) groups is 1. The minimum Gasteiger partial charge on any atom is -0.361 e. The lowest BCUT2D eigenvalue weighted by Gasteiger charge is -2.28. The Hall–Kier alpha value is -2.71. The fourth-order valence-electron chi connectivity index (χ4n) is 2.69. The second kappa shape index (κ2) is 7.24. The van der Waals surface area contributed by atoms with Crippen LogP contribution in [0.5, 0.6) is 0 Å². The van der Waals surface area contributed by atoms with Crippen LogP contribution in [0.3, 0.4) is 0 Å². The van der Waals surface area contributed by atoms with Gasteiger partial charge in [0.1, 0.15) is 24.9 Å². The highest BCUT2D eigenvalue weighted by Crippen LogP contribution is 2.25. The van der Waals surface area contributed by atoms with Gasteiger partial charge in [-0.25, -0.2) is 14.6 Å². The van der Waals surface area contributed by atoms with Gasteiger partial charge in [0.25, 0.3) is 0 Å². The molecular weight excluding hydrogens is 308 g/mol. The van der Waals surface area contributed by atoms with Gasteiger partial charge < -0.3 is 15.1 Å². The molecule has 24 heavy (non-hydrogen) atoms. The highest BCUT2D eigenvalue weighted by atomic mass is 16.2. The molecule has 1 amide bonds. The van der Waals surface area contributed by atoms with Crippen LogP contribution >= 0.6 is 0 Å². The Balaban J connectivity index is 1.75. The molecule has 0 atom stereocenters. The van der Waals surface area contributed by atoms with Gasteiger partial charge in [0.2, 0.25) is 11.9 Å². The summed E-state index contributed by atoms with van der Waals surface area (Å²) in [6.45, 7) is 2.05. The Kier molecular flexibility index (Phi) is 4.88. The van der Waals surface area contributed by atoms with Gasteiger partial charge in [-0.3, -0.25) is 4.79 Å². The largest absolute Gasteiger partial charge is 0.361 e. The molecule has 2 aromatic rings. The zero-order valence-electron chi connectivity index (χ0n) is 14.0. The van der Waals surface area contributed by atoms with E-state index >= 15 is 0 Å². The zero-order valence-corrected chi connectivity index (χ0v) is 14.0. The molecule has 3 heterocycles. The molecule has 128 valence electrons. The summed E-state index contributed by atoms with van der Waals surface area (Å²) >= 11 is 0. The molecule has 3 rings (SSSR count). The summed E-state index contributed by atoms with van der Waals surface area (Å²) in [5, 5.41) is 6.77. The van der Waals surface area contributed by atoms with E-state index in [9.17, 15) is 4.79 Å². The molecule has 1 fully saturated rings. The number of nitrogens with one attached hydrogen (secondary N) is 1. The van der Waals surface area contributed by atoms with Crippen molar-refractivity contribution in [2.45, 2.75) is 25.8 Å². The van der Waals surface area contributed by atoms with Crippen molar-refractivity contribution >= 4 is 23.4 Å². The van der Waals surface area contributed by atoms with Crippen molar-refractivity contribution < 1.29 is 4.79 Å². The summed E-state index contributed by atoms with van der Waals surface area (Å²) < 4.78 is 1.47. The van der Waals surface area contributed by atoms with E-state index in [1.165, 1.54) is 23.8 Å². The van der Waals surface area contributed by atoms with Gasteiger partial charge in [-0.05, 0) is 19.3 Å². The van der Waals surface area contributed by atoms with Crippen LogP contribution in [0.15, 0.2) is 18.9 Å². The average Bonchev–Trinajstić information content (AvgIpc) is 3.08. The molecular formula is C15H22N8O. The molecule has 0 bridgehead atoms. The fourth-order valence-corrected chi connectivity index (χ4v) is 2.69. The molecule has 0 unspecified atom stereocenters. The number of hydrogen-bond donors (Lipinski definition) is 1. The summed E-state index contributed by atoms with van der Waals surface area (Å²) in [5.41, 5.74) is 0.589. The quantitative estimate of drug-likeness (QED) is 0.865. The molecule has 9 nitrogen and oxygen atoms in total. The van der Waals surface area contributed by atoms with E-state index in [0.29, 0.717) is 17.5 Å². The lowest BCUT2D eigenvalue weighted by Crippen LogP contribution is -2.31. The monoisotopic (exact) mass is 330 g/mol. The van der Waals surface area contributed by atoms with E-state index in [4.69, 9.17) is 0 Å². The smallest absolute Gasteiger partial charge is 0.246 e. The van der Waals surface area contributed by atoms with E-state index in [0.717, 1.165) is 25.9 Å². The van der Waals surface area contributed by atoms with Crippen LogP contribution in [0.4, 0.5) is 17.5 Å². The van der Waals surface area contributed by atoms with Crippen LogP contribution in [0.1, 0.15) is 19.3 Å². The second-order valence-corrected chi connectivity index (χ2v) is 5.99. The molecule has 0 radical (unpaired) electrons. The standard InChI is InChI=1S/C15H22N8O/c1-21(2)14-12(19-13(24)9-23-11-16-10-18-23)8-17-15(20-14)22-6-4-3-5-7-22/h8,10-11H,3-7,9H2,1-2H3,(H,19,24). The fraction of sp³-hybridized carbons (Fsp3) is 0.533. The number of rotatable bonds is 5. The number of hydrogen-bond acceptors (Lipinski definition) is 7. The van der Waals surface area contributed by atoms with Crippen LogP contribution in [0.2, 0.25) is 0 Å². The van der Waals surface area contributed by atoms with Crippen molar-refractivity contribution in [2.24, 2.45) is 0 Å². The molecule has 1 aliphatic heterocycles. The van der Waals surface area contributed by atoms with Gasteiger partial charge in [-0.15, -0.1) is 0 Å². The summed E-state index contributed by atoms with van der Waals surface area (Å²) in [5.74, 6) is 1.21. The van der Waals surface area contributed by atoms with Crippen LogP contribution in [-0.2, 0) is 11.3 Å². The molecule has 9 heteroatoms. The molecule has 0 aromatic carbocycles. The van der Waals surface area contributed by atoms with E-state index in [-0.39, 0.29) is 12.5 Å². The third-order valence-corrected chi connectivity index (χ3v) is 3.86. The maximum atomic E-state index is 12.2. The van der Waals surface area contributed by atoms with Crippen LogP contribution in [-0.4, -0.2) is 57.8 Å². The van der Waals surface area contributed by atoms with Gasteiger partial charge in [-0.1, -0.05) is 0 Å². The lowest BCUT2D eigenvalue weighted by atomic mass is 10.1. The summed E-state index contributed by atoms with van der Waals surface area (Å²) in [6.07, 6.45) is 8.16. The Bertz CT molecular complexity index is 679. The van der Waals surface area contributed by atoms with Gasteiger partial charge in [0.15, 0.2) is 5.82 Å². The SMILES string of the molecule is CN(C)c1nc(N2CCCCC2)ncc1NC(=O)Cn1cncn1. The Morgan fingerprint density at radius 2 is 2.08 bits per heavy atom. The van der Waals surface area contributed by atoms with Crippen molar-refractivity contribution in [1.82, 2.24) is 24.7 Å². The maximum Gasteiger partial charge on any atom is 0.246 e. The first-order valence-electron chi connectivity index (χ1n) is 8.05. The molecule has 2 aromatic heterocycles. The minimum atomic E-state index is -0.196. The molecule has 0 spiro atoms. The predicted octanol–water partition coefficient (Wildman–Crippen LogP) is 0.763. The van der Waals surface area contributed by atoms with Crippen molar-refractivity contribution in [3.8, 4) is 0 Å². The lowest BCUT2D eigenvalue weighted by molar-refractivity contribution is -0.116. The number of piperidine rings is 1. The van der Waals surface area contributed by atoms with E-state index in [2.05, 4.69) is 30.3 Å². The Labute approximate surface area is 140 Å². The number of aromatic nitrogens is 5. The van der Waals surface area contributed by atoms with Crippen molar-refractivity contribution in [1.29, 1.82) is 0 Å². The van der Waals surface area contributed by atoms with Gasteiger partial charge >= 0.3 is 0 Å². The topological polar surface area (TPSA) is 92.1 Å². The van der Waals surface area contributed by atoms with Crippen molar-refractivity contribution in [3.05, 3.63) is 18.9 Å². The van der Waals surface area contributed by atoms with Crippen molar-refractivity contribution in [3.63, 3.8) is 0 Å². The number of amides is 1. The van der Waals surface area contributed by atoms with Gasteiger partial charge in [0, 0.05) is 27.2 Å². The third-order valence-electron chi connectivity index (χ3n) is 3.86. The molecule has 1 aliphatic rings. The molecule has 1 saturated heterocycles. The second-order valence-electron chi connectivity index (χ2n) is 5.99. The van der Waals surface area contributed by atoms with Crippen LogP contribution in [0, 0.1) is 0 Å². The Morgan fingerprint density at radius 1 is 1.29 bits per heavy atom. The highest BCUT2D eigenvalue weighted by molar-refractivity contribution is 5.93. The maximum absolute atomic E-state index is 12.2. The average molecular weight is 330 g/mol. The first-order valence-corrected chi connectivity index (χ1v) is 8.05. The predicted molar refractivity (Wildman–Crippen MR) is 91.1 cm³/mol. The minimum absolute atomic E-state index is 0.0980. The first-order chi connectivity index (χ1) is 11.6. The van der Waals surface area contributed by atoms with E-state index in [1.807, 2.05) is 19.0 Å². The molecule has 1 N–H and O–H groups in total. The summed E-state index contributed by atoms with van der Waals surface area (Å²) in [6, 6.07) is 0.